The van der Waals surface area contributed by atoms with Crippen molar-refractivity contribution in [3.05, 3.63) is 235 Å². The SMILES string of the molecule is c1ccc(-c2ccc(N(c3ccc4c(c3)C(c3ccccc3)(c3ccccc3)c3ccc5c(sc6ccccc65)c3-4)c3cccc4ccccc34)cc2)cc1. The van der Waals surface area contributed by atoms with Crippen LogP contribution < -0.4 is 4.90 Å². The molecule has 1 nitrogen and oxygen atoms in total. The molecule has 11 rings (SSSR count). The third-order valence-electron chi connectivity index (χ3n) is 11.5. The van der Waals surface area contributed by atoms with Gasteiger partial charge in [0.1, 0.15) is 0 Å². The highest BCUT2D eigenvalue weighted by atomic mass is 32.1. The lowest BCUT2D eigenvalue weighted by atomic mass is 9.67. The summed E-state index contributed by atoms with van der Waals surface area (Å²) < 4.78 is 2.67. The van der Waals surface area contributed by atoms with Crippen molar-refractivity contribution in [1.29, 1.82) is 0 Å². The predicted octanol–water partition coefficient (Wildman–Crippen LogP) is 14.7. The third kappa shape index (κ3) is 4.85. The number of anilines is 3. The van der Waals surface area contributed by atoms with Gasteiger partial charge in [-0.1, -0.05) is 176 Å². The first-order chi connectivity index (χ1) is 27.3. The van der Waals surface area contributed by atoms with Gasteiger partial charge in [-0.15, -0.1) is 11.3 Å². The lowest BCUT2D eigenvalue weighted by Crippen LogP contribution is -2.28. The van der Waals surface area contributed by atoms with Crippen LogP contribution in [0, 0.1) is 0 Å². The van der Waals surface area contributed by atoms with E-state index in [9.17, 15) is 0 Å². The number of nitrogens with zero attached hydrogens (tertiary/aromatic N) is 1. The molecule has 0 radical (unpaired) electrons. The Hall–Kier alpha value is -6.74. The highest BCUT2D eigenvalue weighted by molar-refractivity contribution is 7.26. The maximum absolute atomic E-state index is 2.49. The fourth-order valence-corrected chi connectivity index (χ4v) is 10.4. The van der Waals surface area contributed by atoms with Crippen LogP contribution in [0.25, 0.3) is 53.2 Å². The monoisotopic (exact) mass is 717 g/mol. The van der Waals surface area contributed by atoms with Gasteiger partial charge >= 0.3 is 0 Å². The normalized spacial score (nSPS) is 12.9. The molecule has 0 N–H and O–H groups in total. The summed E-state index contributed by atoms with van der Waals surface area (Å²) in [5.41, 5.74) is 13.1. The van der Waals surface area contributed by atoms with Crippen molar-refractivity contribution in [3.63, 3.8) is 0 Å². The zero-order valence-corrected chi connectivity index (χ0v) is 30.9. The van der Waals surface area contributed by atoms with Crippen molar-refractivity contribution in [3.8, 4) is 22.3 Å². The largest absolute Gasteiger partial charge is 0.310 e. The zero-order chi connectivity index (χ0) is 36.3. The molecule has 0 fully saturated rings. The Balaban J connectivity index is 1.22. The van der Waals surface area contributed by atoms with Crippen LogP contribution in [0.15, 0.2) is 212 Å². The fourth-order valence-electron chi connectivity index (χ4n) is 9.14. The molecule has 258 valence electrons. The van der Waals surface area contributed by atoms with Gasteiger partial charge in [0.15, 0.2) is 0 Å². The molecule has 0 spiro atoms. The third-order valence-corrected chi connectivity index (χ3v) is 12.7. The number of thiophene rings is 1. The van der Waals surface area contributed by atoms with Gasteiger partial charge in [-0.25, -0.2) is 0 Å². The second-order valence-electron chi connectivity index (χ2n) is 14.4. The van der Waals surface area contributed by atoms with Crippen LogP contribution in [0.2, 0.25) is 0 Å². The van der Waals surface area contributed by atoms with Gasteiger partial charge in [0.25, 0.3) is 0 Å². The maximum Gasteiger partial charge on any atom is 0.0714 e. The van der Waals surface area contributed by atoms with E-state index in [1.807, 2.05) is 11.3 Å². The van der Waals surface area contributed by atoms with Crippen molar-refractivity contribution in [2.24, 2.45) is 0 Å². The molecule has 0 bridgehead atoms. The molecule has 2 heteroatoms. The Morgan fingerprint density at radius 1 is 0.400 bits per heavy atom. The van der Waals surface area contributed by atoms with Crippen LogP contribution in [0.5, 0.6) is 0 Å². The predicted molar refractivity (Wildman–Crippen MR) is 234 cm³/mol. The first-order valence-electron chi connectivity index (χ1n) is 18.9. The average Bonchev–Trinajstić information content (AvgIpc) is 3.79. The fraction of sp³-hybridized carbons (Fsp3) is 0.0189. The lowest BCUT2D eigenvalue weighted by Gasteiger charge is -2.35. The van der Waals surface area contributed by atoms with E-state index in [2.05, 4.69) is 217 Å². The summed E-state index contributed by atoms with van der Waals surface area (Å²) in [7, 11) is 0. The molecule has 0 atom stereocenters. The van der Waals surface area contributed by atoms with Crippen LogP contribution >= 0.6 is 11.3 Å². The number of fused-ring (bicyclic) bond motifs is 8. The molecule has 1 heterocycles. The van der Waals surface area contributed by atoms with Gasteiger partial charge < -0.3 is 4.90 Å². The van der Waals surface area contributed by atoms with E-state index in [4.69, 9.17) is 0 Å². The average molecular weight is 718 g/mol. The van der Waals surface area contributed by atoms with Gasteiger partial charge in [-0.3, -0.25) is 0 Å². The van der Waals surface area contributed by atoms with Crippen molar-refractivity contribution < 1.29 is 0 Å². The first kappa shape index (κ1) is 31.8. The van der Waals surface area contributed by atoms with E-state index in [0.29, 0.717) is 0 Å². The summed E-state index contributed by atoms with van der Waals surface area (Å²) in [5.74, 6) is 0. The van der Waals surface area contributed by atoms with E-state index >= 15 is 0 Å². The second kappa shape index (κ2) is 12.7. The van der Waals surface area contributed by atoms with Gasteiger partial charge in [-0.2, -0.15) is 0 Å². The number of benzene rings is 9. The first-order valence-corrected chi connectivity index (χ1v) is 19.7. The standard InChI is InChI=1S/C53H35NS/c1-4-15-36(16-5-1)37-27-29-41(30-28-37)54(49-25-14-18-38-17-10-11-23-43(38)49)42-31-32-46-48(35-42)53(39-19-6-2-7-20-39,40-21-8-3-9-22-40)47-34-33-45-44-24-12-13-26-50(44)55-52(45)51(46)47/h1-35H. The topological polar surface area (TPSA) is 3.24 Å². The minimum absolute atomic E-state index is 0.533. The smallest absolute Gasteiger partial charge is 0.0714 e. The van der Waals surface area contributed by atoms with E-state index in [1.165, 1.54) is 75.5 Å². The van der Waals surface area contributed by atoms with Crippen molar-refractivity contribution in [2.45, 2.75) is 5.41 Å². The van der Waals surface area contributed by atoms with Crippen molar-refractivity contribution in [2.75, 3.05) is 4.90 Å². The minimum atomic E-state index is -0.533. The highest BCUT2D eigenvalue weighted by Crippen LogP contribution is 2.60. The molecule has 1 aliphatic carbocycles. The van der Waals surface area contributed by atoms with E-state index in [-0.39, 0.29) is 0 Å². The Kier molecular flexibility index (Phi) is 7.33. The molecule has 0 saturated carbocycles. The highest BCUT2D eigenvalue weighted by Gasteiger charge is 2.47. The Morgan fingerprint density at radius 3 is 1.75 bits per heavy atom. The summed E-state index contributed by atoms with van der Waals surface area (Å²) in [6.45, 7) is 0. The lowest BCUT2D eigenvalue weighted by molar-refractivity contribution is 0.769. The summed E-state index contributed by atoms with van der Waals surface area (Å²) >= 11 is 1.92. The second-order valence-corrected chi connectivity index (χ2v) is 15.5. The molecule has 1 aliphatic rings. The van der Waals surface area contributed by atoms with Crippen molar-refractivity contribution in [1.82, 2.24) is 0 Å². The molecule has 10 aromatic rings. The molecule has 9 aromatic carbocycles. The van der Waals surface area contributed by atoms with Crippen LogP contribution in [-0.2, 0) is 5.41 Å². The molecular weight excluding hydrogens is 683 g/mol. The molecule has 0 amide bonds. The van der Waals surface area contributed by atoms with E-state index in [0.717, 1.165) is 17.1 Å². The van der Waals surface area contributed by atoms with Crippen LogP contribution in [-0.4, -0.2) is 0 Å². The van der Waals surface area contributed by atoms with E-state index < -0.39 is 5.41 Å². The van der Waals surface area contributed by atoms with Crippen molar-refractivity contribution >= 4 is 59.3 Å². The Morgan fingerprint density at radius 2 is 1.00 bits per heavy atom. The molecule has 0 aliphatic heterocycles. The number of hydrogen-bond donors (Lipinski definition) is 0. The summed E-state index contributed by atoms with van der Waals surface area (Å²) in [6.07, 6.45) is 0. The van der Waals surface area contributed by atoms with Gasteiger partial charge in [0.2, 0.25) is 0 Å². The zero-order valence-electron chi connectivity index (χ0n) is 30.1. The molecular formula is C53H35NS. The molecule has 1 aromatic heterocycles. The Labute approximate surface area is 325 Å². The molecule has 55 heavy (non-hydrogen) atoms. The van der Waals surface area contributed by atoms with Crippen LogP contribution in [0.3, 0.4) is 0 Å². The molecule has 0 saturated heterocycles. The minimum Gasteiger partial charge on any atom is -0.310 e. The summed E-state index contributed by atoms with van der Waals surface area (Å²) in [5, 5.41) is 5.07. The quantitative estimate of drug-likeness (QED) is 0.166. The number of hydrogen-bond acceptors (Lipinski definition) is 2. The molecule has 0 unspecified atom stereocenters. The maximum atomic E-state index is 2.49. The van der Waals surface area contributed by atoms with Crippen LogP contribution in [0.4, 0.5) is 17.1 Å². The summed E-state index contributed by atoms with van der Waals surface area (Å²) in [4.78, 5) is 2.45. The van der Waals surface area contributed by atoms with Crippen LogP contribution in [0.1, 0.15) is 22.3 Å². The van der Waals surface area contributed by atoms with Gasteiger partial charge in [0, 0.05) is 42.5 Å². The van der Waals surface area contributed by atoms with E-state index in [1.54, 1.807) is 0 Å². The number of rotatable bonds is 6. The van der Waals surface area contributed by atoms with Gasteiger partial charge in [-0.05, 0) is 80.7 Å². The Bertz CT molecular complexity index is 2970. The summed E-state index contributed by atoms with van der Waals surface area (Å²) in [6, 6.07) is 78.2. The van der Waals surface area contributed by atoms with Gasteiger partial charge in [0.05, 0.1) is 11.1 Å².